The lowest BCUT2D eigenvalue weighted by molar-refractivity contribution is 0.196. The van der Waals surface area contributed by atoms with Crippen LogP contribution in [0.3, 0.4) is 0 Å². The third kappa shape index (κ3) is 2.77. The highest BCUT2D eigenvalue weighted by Gasteiger charge is 2.33. The molecule has 2 aliphatic rings. The molecule has 0 bridgehead atoms. The van der Waals surface area contributed by atoms with E-state index in [0.29, 0.717) is 6.04 Å². The number of fused-ring (bicyclic) bond motifs is 1. The first-order chi connectivity index (χ1) is 9.79. The van der Waals surface area contributed by atoms with Crippen molar-refractivity contribution in [3.8, 4) is 0 Å². The minimum atomic E-state index is 0.242. The van der Waals surface area contributed by atoms with Gasteiger partial charge in [-0.3, -0.25) is 4.90 Å². The molecule has 3 unspecified atom stereocenters. The van der Waals surface area contributed by atoms with E-state index in [1.54, 1.807) is 0 Å². The molecule has 0 saturated carbocycles. The molecule has 110 valence electrons. The average Bonchev–Trinajstić information content (AvgIpc) is 2.65. The monoisotopic (exact) mass is 272 g/mol. The van der Waals surface area contributed by atoms with Gasteiger partial charge >= 0.3 is 0 Å². The van der Waals surface area contributed by atoms with Crippen LogP contribution in [0.15, 0.2) is 24.3 Å². The van der Waals surface area contributed by atoms with Crippen molar-refractivity contribution >= 4 is 0 Å². The summed E-state index contributed by atoms with van der Waals surface area (Å²) in [7, 11) is 0. The van der Waals surface area contributed by atoms with Crippen LogP contribution in [-0.4, -0.2) is 18.0 Å². The molecular weight excluding hydrogens is 244 g/mol. The molecule has 1 heterocycles. The van der Waals surface area contributed by atoms with E-state index in [9.17, 15) is 0 Å². The predicted molar refractivity (Wildman–Crippen MR) is 84.6 cm³/mol. The van der Waals surface area contributed by atoms with Crippen LogP contribution in [0.25, 0.3) is 0 Å². The predicted octanol–water partition coefficient (Wildman–Crippen LogP) is 4.03. The molecule has 1 aliphatic heterocycles. The number of benzene rings is 1. The summed E-state index contributed by atoms with van der Waals surface area (Å²) in [6.45, 7) is 4.83. The van der Waals surface area contributed by atoms with Crippen LogP contribution >= 0.6 is 0 Å². The molecule has 2 N–H and O–H groups in total. The second-order valence-electron chi connectivity index (χ2n) is 6.61. The number of likely N-dealkylation sites (tertiary alicyclic amines) is 1. The second-order valence-corrected chi connectivity index (χ2v) is 6.61. The van der Waals surface area contributed by atoms with Crippen molar-refractivity contribution in [2.45, 2.75) is 57.5 Å². The number of nitrogens with two attached hydrogens (primary N) is 1. The van der Waals surface area contributed by atoms with Crippen molar-refractivity contribution in [3.63, 3.8) is 0 Å². The van der Waals surface area contributed by atoms with Gasteiger partial charge in [-0.05, 0) is 55.8 Å². The molecule has 0 aromatic heterocycles. The van der Waals surface area contributed by atoms with Crippen molar-refractivity contribution in [3.05, 3.63) is 35.4 Å². The van der Waals surface area contributed by atoms with E-state index in [0.717, 1.165) is 12.3 Å². The Kier molecular flexibility index (Phi) is 4.42. The van der Waals surface area contributed by atoms with Gasteiger partial charge in [0.05, 0.1) is 0 Å². The lowest BCUT2D eigenvalue weighted by Crippen LogP contribution is -2.29. The summed E-state index contributed by atoms with van der Waals surface area (Å²) < 4.78 is 0. The largest absolute Gasteiger partial charge is 0.324 e. The van der Waals surface area contributed by atoms with E-state index in [1.807, 2.05) is 0 Å². The first kappa shape index (κ1) is 14.1. The summed E-state index contributed by atoms with van der Waals surface area (Å²) in [5.41, 5.74) is 9.21. The molecule has 0 radical (unpaired) electrons. The van der Waals surface area contributed by atoms with Crippen molar-refractivity contribution in [2.75, 3.05) is 13.1 Å². The lowest BCUT2D eigenvalue weighted by atomic mass is 9.96. The fourth-order valence-corrected chi connectivity index (χ4v) is 4.19. The second kappa shape index (κ2) is 6.28. The van der Waals surface area contributed by atoms with Crippen molar-refractivity contribution < 1.29 is 0 Å². The number of rotatable bonds is 3. The molecule has 1 aliphatic carbocycles. The zero-order valence-corrected chi connectivity index (χ0v) is 12.7. The molecule has 1 aromatic carbocycles. The topological polar surface area (TPSA) is 29.3 Å². The van der Waals surface area contributed by atoms with Crippen LogP contribution in [0.4, 0.5) is 0 Å². The van der Waals surface area contributed by atoms with Crippen molar-refractivity contribution in [2.24, 2.45) is 11.7 Å². The van der Waals surface area contributed by atoms with Gasteiger partial charge in [0.25, 0.3) is 0 Å². The third-order valence-corrected chi connectivity index (χ3v) is 5.25. The van der Waals surface area contributed by atoms with Gasteiger partial charge in [0, 0.05) is 12.1 Å². The van der Waals surface area contributed by atoms with Crippen LogP contribution in [0.2, 0.25) is 0 Å². The molecule has 0 amide bonds. The summed E-state index contributed by atoms with van der Waals surface area (Å²) in [5.74, 6) is 0.954. The molecule has 1 fully saturated rings. The SMILES string of the molecule is CCCC1CCCN(C2CC(N)c3ccccc32)CC1. The summed E-state index contributed by atoms with van der Waals surface area (Å²) in [4.78, 5) is 2.71. The first-order valence-corrected chi connectivity index (χ1v) is 8.38. The zero-order chi connectivity index (χ0) is 13.9. The van der Waals surface area contributed by atoms with E-state index < -0.39 is 0 Å². The Balaban J connectivity index is 1.71. The maximum atomic E-state index is 6.33. The molecule has 3 rings (SSSR count). The van der Waals surface area contributed by atoms with Crippen LogP contribution in [0.1, 0.15) is 68.7 Å². The molecule has 3 atom stereocenters. The zero-order valence-electron chi connectivity index (χ0n) is 12.7. The van der Waals surface area contributed by atoms with Gasteiger partial charge in [0.15, 0.2) is 0 Å². The summed E-state index contributed by atoms with van der Waals surface area (Å²) in [5, 5.41) is 0. The molecular formula is C18H28N2. The fraction of sp³-hybridized carbons (Fsp3) is 0.667. The van der Waals surface area contributed by atoms with E-state index >= 15 is 0 Å². The maximum Gasteiger partial charge on any atom is 0.0369 e. The molecule has 2 heteroatoms. The van der Waals surface area contributed by atoms with Crippen molar-refractivity contribution in [1.82, 2.24) is 4.90 Å². The highest BCUT2D eigenvalue weighted by atomic mass is 15.2. The van der Waals surface area contributed by atoms with Crippen LogP contribution < -0.4 is 5.73 Å². The highest BCUT2D eigenvalue weighted by molar-refractivity contribution is 5.37. The van der Waals surface area contributed by atoms with E-state index in [4.69, 9.17) is 5.73 Å². The van der Waals surface area contributed by atoms with Gasteiger partial charge in [-0.25, -0.2) is 0 Å². The Bertz CT molecular complexity index is 443. The van der Waals surface area contributed by atoms with Crippen LogP contribution in [-0.2, 0) is 0 Å². The first-order valence-electron chi connectivity index (χ1n) is 8.38. The average molecular weight is 272 g/mol. The smallest absolute Gasteiger partial charge is 0.0369 e. The Morgan fingerprint density at radius 3 is 2.75 bits per heavy atom. The molecule has 0 spiro atoms. The minimum Gasteiger partial charge on any atom is -0.324 e. The maximum absolute atomic E-state index is 6.33. The Hall–Kier alpha value is -0.860. The van der Waals surface area contributed by atoms with E-state index in [-0.39, 0.29) is 6.04 Å². The summed E-state index contributed by atoms with van der Waals surface area (Å²) >= 11 is 0. The highest BCUT2D eigenvalue weighted by Crippen LogP contribution is 2.41. The summed E-state index contributed by atoms with van der Waals surface area (Å²) in [6.07, 6.45) is 8.01. The molecule has 1 saturated heterocycles. The Morgan fingerprint density at radius 1 is 1.15 bits per heavy atom. The van der Waals surface area contributed by atoms with E-state index in [2.05, 4.69) is 36.1 Å². The van der Waals surface area contributed by atoms with Crippen molar-refractivity contribution in [1.29, 1.82) is 0 Å². The molecule has 1 aromatic rings. The van der Waals surface area contributed by atoms with Gasteiger partial charge in [0.2, 0.25) is 0 Å². The summed E-state index contributed by atoms with van der Waals surface area (Å²) in [6, 6.07) is 9.62. The quantitative estimate of drug-likeness (QED) is 0.900. The van der Waals surface area contributed by atoms with Crippen LogP contribution in [0.5, 0.6) is 0 Å². The lowest BCUT2D eigenvalue weighted by Gasteiger charge is -2.28. The fourth-order valence-electron chi connectivity index (χ4n) is 4.19. The number of nitrogens with zero attached hydrogens (tertiary/aromatic N) is 1. The van der Waals surface area contributed by atoms with Gasteiger partial charge in [-0.15, -0.1) is 0 Å². The minimum absolute atomic E-state index is 0.242. The van der Waals surface area contributed by atoms with Gasteiger partial charge in [-0.2, -0.15) is 0 Å². The number of hydrogen-bond donors (Lipinski definition) is 1. The standard InChI is InChI=1S/C18H28N2/c1-2-6-14-7-5-11-20(12-10-14)18-13-17(19)15-8-3-4-9-16(15)18/h3-4,8-9,14,17-18H,2,5-7,10-13,19H2,1H3. The van der Waals surface area contributed by atoms with Gasteiger partial charge in [-0.1, -0.05) is 44.0 Å². The third-order valence-electron chi connectivity index (χ3n) is 5.25. The van der Waals surface area contributed by atoms with Gasteiger partial charge in [0.1, 0.15) is 0 Å². The molecule has 2 nitrogen and oxygen atoms in total. The van der Waals surface area contributed by atoms with Gasteiger partial charge < -0.3 is 5.73 Å². The molecule has 20 heavy (non-hydrogen) atoms. The number of hydrogen-bond acceptors (Lipinski definition) is 2. The normalized spacial score (nSPS) is 31.0. The Labute approximate surface area is 123 Å². The van der Waals surface area contributed by atoms with Crippen LogP contribution in [0, 0.1) is 5.92 Å². The Morgan fingerprint density at radius 2 is 1.95 bits per heavy atom. The van der Waals surface area contributed by atoms with E-state index in [1.165, 1.54) is 56.3 Å².